The first-order chi connectivity index (χ1) is 14.2. The molecule has 6 N–H and O–H groups in total. The summed E-state index contributed by atoms with van der Waals surface area (Å²) < 4.78 is 0. The molecular formula is C24H24O6. The largest absolute Gasteiger partial charge is 0.504 e. The quantitative estimate of drug-likeness (QED) is 0.349. The highest BCUT2D eigenvalue weighted by Crippen LogP contribution is 2.50. The van der Waals surface area contributed by atoms with Crippen LogP contribution in [-0.4, -0.2) is 30.6 Å². The Morgan fingerprint density at radius 2 is 1.37 bits per heavy atom. The Balaban J connectivity index is 1.80. The van der Waals surface area contributed by atoms with Crippen LogP contribution in [0.25, 0.3) is 0 Å². The molecular weight excluding hydrogens is 384 g/mol. The SMILES string of the molecule is CC(c1ccc(O)c(O)c1)c1cc([C@H]2C[C@H](C)c3cc(O)c(O)cc32)cc(O)c1O. The minimum atomic E-state index is -0.367. The van der Waals surface area contributed by atoms with Gasteiger partial charge in [-0.15, -0.1) is 0 Å². The van der Waals surface area contributed by atoms with Crippen LogP contribution in [0, 0.1) is 0 Å². The fraction of sp³-hybridized carbons (Fsp3) is 0.250. The first kappa shape index (κ1) is 19.8. The fourth-order valence-electron chi connectivity index (χ4n) is 4.45. The summed E-state index contributed by atoms with van der Waals surface area (Å²) >= 11 is 0. The number of hydrogen-bond acceptors (Lipinski definition) is 6. The van der Waals surface area contributed by atoms with Gasteiger partial charge in [-0.3, -0.25) is 0 Å². The number of rotatable bonds is 3. The highest BCUT2D eigenvalue weighted by atomic mass is 16.3. The third-order valence-corrected chi connectivity index (χ3v) is 6.19. The molecule has 3 aromatic rings. The molecule has 6 nitrogen and oxygen atoms in total. The minimum Gasteiger partial charge on any atom is -0.504 e. The van der Waals surface area contributed by atoms with Gasteiger partial charge in [0.15, 0.2) is 34.5 Å². The van der Waals surface area contributed by atoms with E-state index >= 15 is 0 Å². The van der Waals surface area contributed by atoms with Gasteiger partial charge in [0.05, 0.1) is 0 Å². The zero-order valence-corrected chi connectivity index (χ0v) is 16.7. The predicted molar refractivity (Wildman–Crippen MR) is 112 cm³/mol. The molecule has 3 atom stereocenters. The van der Waals surface area contributed by atoms with E-state index in [1.807, 2.05) is 19.9 Å². The van der Waals surface area contributed by atoms with Crippen molar-refractivity contribution >= 4 is 0 Å². The van der Waals surface area contributed by atoms with Crippen LogP contribution in [0.15, 0.2) is 42.5 Å². The van der Waals surface area contributed by atoms with Gasteiger partial charge in [0.2, 0.25) is 0 Å². The Bertz CT molecular complexity index is 1140. The van der Waals surface area contributed by atoms with E-state index in [9.17, 15) is 30.6 Å². The van der Waals surface area contributed by atoms with Crippen LogP contribution in [0.3, 0.4) is 0 Å². The van der Waals surface area contributed by atoms with Crippen LogP contribution in [0.1, 0.15) is 65.8 Å². The lowest BCUT2D eigenvalue weighted by Crippen LogP contribution is -2.02. The van der Waals surface area contributed by atoms with E-state index in [-0.39, 0.29) is 52.3 Å². The van der Waals surface area contributed by atoms with Gasteiger partial charge in [-0.25, -0.2) is 0 Å². The second kappa shape index (κ2) is 7.06. The van der Waals surface area contributed by atoms with Crippen LogP contribution in [0.2, 0.25) is 0 Å². The van der Waals surface area contributed by atoms with E-state index in [0.717, 1.165) is 23.1 Å². The van der Waals surface area contributed by atoms with Gasteiger partial charge in [0, 0.05) is 17.4 Å². The number of benzene rings is 3. The normalized spacial score (nSPS) is 18.9. The lowest BCUT2D eigenvalue weighted by Gasteiger charge is -2.20. The predicted octanol–water partition coefficient (Wildman–Crippen LogP) is 4.71. The summed E-state index contributed by atoms with van der Waals surface area (Å²) in [7, 11) is 0. The maximum absolute atomic E-state index is 10.5. The molecule has 0 fully saturated rings. The summed E-state index contributed by atoms with van der Waals surface area (Å²) in [6.07, 6.45) is 0.732. The molecule has 156 valence electrons. The van der Waals surface area contributed by atoms with Gasteiger partial charge in [-0.2, -0.15) is 0 Å². The minimum absolute atomic E-state index is 0.118. The van der Waals surface area contributed by atoms with Crippen molar-refractivity contribution < 1.29 is 30.6 Å². The Kier molecular flexibility index (Phi) is 4.65. The molecule has 1 aliphatic carbocycles. The van der Waals surface area contributed by atoms with Gasteiger partial charge >= 0.3 is 0 Å². The van der Waals surface area contributed by atoms with E-state index in [4.69, 9.17) is 0 Å². The summed E-state index contributed by atoms with van der Waals surface area (Å²) in [5.41, 5.74) is 3.76. The molecule has 0 amide bonds. The third kappa shape index (κ3) is 3.14. The lowest BCUT2D eigenvalue weighted by molar-refractivity contribution is 0.396. The second-order valence-corrected chi connectivity index (χ2v) is 8.11. The number of fused-ring (bicyclic) bond motifs is 1. The van der Waals surface area contributed by atoms with Crippen molar-refractivity contribution in [2.75, 3.05) is 0 Å². The molecule has 0 bridgehead atoms. The monoisotopic (exact) mass is 408 g/mol. The van der Waals surface area contributed by atoms with Crippen molar-refractivity contribution in [1.82, 2.24) is 0 Å². The maximum Gasteiger partial charge on any atom is 0.161 e. The molecule has 4 rings (SSSR count). The van der Waals surface area contributed by atoms with Crippen LogP contribution >= 0.6 is 0 Å². The van der Waals surface area contributed by atoms with Crippen LogP contribution < -0.4 is 0 Å². The Labute approximate surface area is 173 Å². The zero-order valence-electron chi connectivity index (χ0n) is 16.7. The molecule has 0 heterocycles. The topological polar surface area (TPSA) is 121 Å². The molecule has 1 unspecified atom stereocenters. The van der Waals surface area contributed by atoms with E-state index in [2.05, 4.69) is 0 Å². The molecule has 0 radical (unpaired) electrons. The molecule has 0 aliphatic heterocycles. The molecule has 0 aromatic heterocycles. The zero-order chi connectivity index (χ0) is 21.7. The molecule has 0 saturated heterocycles. The molecule has 3 aromatic carbocycles. The van der Waals surface area contributed by atoms with Gasteiger partial charge in [-0.1, -0.05) is 26.0 Å². The smallest absolute Gasteiger partial charge is 0.161 e. The van der Waals surface area contributed by atoms with E-state index in [1.165, 1.54) is 18.2 Å². The standard InChI is InChI=1S/C24H24O6/c1-11-5-17(18-10-22(28)21(27)9-15(11)18)14-6-16(24(30)23(29)8-14)12(2)13-3-4-19(25)20(26)7-13/h3-4,6-12,17,25-30H,5H2,1-2H3/t11-,12?,17+/m0/s1. The van der Waals surface area contributed by atoms with Crippen molar-refractivity contribution in [3.05, 3.63) is 70.3 Å². The van der Waals surface area contributed by atoms with Gasteiger partial charge in [-0.05, 0) is 64.9 Å². The van der Waals surface area contributed by atoms with Gasteiger partial charge in [0.1, 0.15) is 0 Å². The number of phenols is 6. The average molecular weight is 408 g/mol. The Hall–Kier alpha value is -3.54. The average Bonchev–Trinajstić information content (AvgIpc) is 3.01. The summed E-state index contributed by atoms with van der Waals surface area (Å²) in [4.78, 5) is 0. The van der Waals surface area contributed by atoms with E-state index in [1.54, 1.807) is 18.2 Å². The summed E-state index contributed by atoms with van der Waals surface area (Å²) in [5, 5.41) is 60.2. The molecule has 0 saturated carbocycles. The van der Waals surface area contributed by atoms with Crippen LogP contribution in [0.5, 0.6) is 34.5 Å². The summed E-state index contributed by atoms with van der Waals surface area (Å²) in [6, 6.07) is 10.9. The first-order valence-corrected chi connectivity index (χ1v) is 9.80. The number of hydrogen-bond donors (Lipinski definition) is 6. The van der Waals surface area contributed by atoms with Crippen molar-refractivity contribution in [2.45, 2.75) is 38.0 Å². The second-order valence-electron chi connectivity index (χ2n) is 8.11. The summed E-state index contributed by atoms with van der Waals surface area (Å²) in [5.74, 6) is -1.65. The lowest BCUT2D eigenvalue weighted by atomic mass is 9.86. The van der Waals surface area contributed by atoms with Crippen molar-refractivity contribution in [3.8, 4) is 34.5 Å². The first-order valence-electron chi connectivity index (χ1n) is 9.80. The third-order valence-electron chi connectivity index (χ3n) is 6.19. The van der Waals surface area contributed by atoms with E-state index in [0.29, 0.717) is 11.1 Å². The number of phenolic OH excluding ortho intramolecular Hbond substituents is 6. The maximum atomic E-state index is 10.5. The highest BCUT2D eigenvalue weighted by molar-refractivity contribution is 5.58. The van der Waals surface area contributed by atoms with E-state index < -0.39 is 0 Å². The van der Waals surface area contributed by atoms with Gasteiger partial charge < -0.3 is 30.6 Å². The molecule has 6 heteroatoms. The Morgan fingerprint density at radius 3 is 2.03 bits per heavy atom. The fourth-order valence-corrected chi connectivity index (χ4v) is 4.45. The molecule has 1 aliphatic rings. The Morgan fingerprint density at radius 1 is 0.733 bits per heavy atom. The van der Waals surface area contributed by atoms with Crippen LogP contribution in [0.4, 0.5) is 0 Å². The van der Waals surface area contributed by atoms with Crippen molar-refractivity contribution in [2.24, 2.45) is 0 Å². The molecule has 0 spiro atoms. The van der Waals surface area contributed by atoms with Crippen molar-refractivity contribution in [1.29, 1.82) is 0 Å². The van der Waals surface area contributed by atoms with Crippen LogP contribution in [-0.2, 0) is 0 Å². The highest BCUT2D eigenvalue weighted by Gasteiger charge is 2.32. The molecule has 30 heavy (non-hydrogen) atoms. The number of aromatic hydroxyl groups is 6. The summed E-state index contributed by atoms with van der Waals surface area (Å²) in [6.45, 7) is 3.87. The van der Waals surface area contributed by atoms with Crippen molar-refractivity contribution in [3.63, 3.8) is 0 Å². The van der Waals surface area contributed by atoms with Gasteiger partial charge in [0.25, 0.3) is 0 Å².